The zero-order chi connectivity index (χ0) is 15.2. The van der Waals surface area contributed by atoms with Crippen LogP contribution in [0.2, 0.25) is 19.6 Å². The first kappa shape index (κ1) is 15.8. The summed E-state index contributed by atoms with van der Waals surface area (Å²) in [5.74, 6) is 2.57. The summed E-state index contributed by atoms with van der Waals surface area (Å²) in [4.78, 5) is 14.0. The maximum Gasteiger partial charge on any atom is 0.304 e. The van der Waals surface area contributed by atoms with Crippen molar-refractivity contribution in [3.8, 4) is 11.5 Å². The number of hydrogen-bond acceptors (Lipinski definition) is 3. The van der Waals surface area contributed by atoms with Gasteiger partial charge >= 0.3 is 5.97 Å². The number of nitrogens with zero attached hydrogens (tertiary/aromatic N) is 3. The van der Waals surface area contributed by atoms with Crippen LogP contribution in [-0.2, 0) is 9.53 Å². The molecule has 1 aromatic carbocycles. The van der Waals surface area contributed by atoms with Crippen LogP contribution in [0, 0.1) is 11.5 Å². The van der Waals surface area contributed by atoms with E-state index in [1.807, 2.05) is 0 Å². The van der Waals surface area contributed by atoms with Gasteiger partial charge in [0.15, 0.2) is 6.10 Å². The van der Waals surface area contributed by atoms with Crippen LogP contribution in [0.5, 0.6) is 0 Å². The average molecular weight is 287 g/mol. The Morgan fingerprint density at radius 1 is 1.40 bits per heavy atom. The molecule has 0 aliphatic carbocycles. The summed E-state index contributed by atoms with van der Waals surface area (Å²) in [5.41, 5.74) is 12.8. The molecule has 1 aromatic rings. The molecule has 0 N–H and O–H groups in total. The summed E-state index contributed by atoms with van der Waals surface area (Å²) in [5, 5.41) is 3.61. The third-order valence-electron chi connectivity index (χ3n) is 2.23. The minimum absolute atomic E-state index is 0.421. The molecular weight excluding hydrogens is 270 g/mol. The minimum Gasteiger partial charge on any atom is -0.444 e. The van der Waals surface area contributed by atoms with Gasteiger partial charge in [-0.2, -0.15) is 0 Å². The second-order valence-corrected chi connectivity index (χ2v) is 10.0. The summed E-state index contributed by atoms with van der Waals surface area (Å²) >= 11 is 0. The van der Waals surface area contributed by atoms with Crippen molar-refractivity contribution in [2.24, 2.45) is 5.11 Å². The van der Waals surface area contributed by atoms with Gasteiger partial charge in [-0.15, -0.1) is 5.54 Å². The third-order valence-corrected chi connectivity index (χ3v) is 3.13. The van der Waals surface area contributed by atoms with Gasteiger partial charge in [-0.1, -0.05) is 54.9 Å². The number of azide groups is 1. The first-order chi connectivity index (χ1) is 9.33. The van der Waals surface area contributed by atoms with Gasteiger partial charge in [0.05, 0.1) is 0 Å². The number of esters is 1. The molecule has 0 spiro atoms. The van der Waals surface area contributed by atoms with Crippen molar-refractivity contribution in [2.45, 2.75) is 32.7 Å². The molecule has 0 aliphatic heterocycles. The van der Waals surface area contributed by atoms with E-state index in [0.29, 0.717) is 11.3 Å². The quantitative estimate of drug-likeness (QED) is 0.209. The Balaban J connectivity index is 3.26. The first-order valence-electron chi connectivity index (χ1n) is 6.17. The average Bonchev–Trinajstić information content (AvgIpc) is 2.34. The Kier molecular flexibility index (Phi) is 5.39. The zero-order valence-electron chi connectivity index (χ0n) is 12.0. The molecule has 104 valence electrons. The molecule has 0 saturated carbocycles. The largest absolute Gasteiger partial charge is 0.444 e. The van der Waals surface area contributed by atoms with Gasteiger partial charge in [0.2, 0.25) is 0 Å². The predicted octanol–water partition coefficient (Wildman–Crippen LogP) is 4.11. The Morgan fingerprint density at radius 2 is 2.05 bits per heavy atom. The number of ether oxygens (including phenoxy) is 1. The SMILES string of the molecule is CC(=O)OC(C#C[Si](C)(C)C)c1ccccc1N=[N+]=[N-]. The number of hydrogen-bond donors (Lipinski definition) is 0. The van der Waals surface area contributed by atoms with Crippen LogP contribution in [0.4, 0.5) is 5.69 Å². The Morgan fingerprint density at radius 3 is 2.60 bits per heavy atom. The molecule has 6 heteroatoms. The van der Waals surface area contributed by atoms with Crippen LogP contribution in [0.3, 0.4) is 0 Å². The van der Waals surface area contributed by atoms with Gasteiger partial charge in [-0.05, 0) is 5.53 Å². The van der Waals surface area contributed by atoms with Crippen molar-refractivity contribution in [1.29, 1.82) is 0 Å². The monoisotopic (exact) mass is 287 g/mol. The van der Waals surface area contributed by atoms with Crippen LogP contribution >= 0.6 is 0 Å². The number of benzene rings is 1. The molecule has 0 aliphatic rings. The van der Waals surface area contributed by atoms with Gasteiger partial charge in [0.1, 0.15) is 8.07 Å². The summed E-state index contributed by atoms with van der Waals surface area (Å²) in [6.45, 7) is 7.64. The summed E-state index contributed by atoms with van der Waals surface area (Å²) in [6.07, 6.45) is -0.707. The predicted molar refractivity (Wildman–Crippen MR) is 80.9 cm³/mol. The van der Waals surface area contributed by atoms with E-state index >= 15 is 0 Å². The molecule has 1 atom stereocenters. The highest BCUT2D eigenvalue weighted by Crippen LogP contribution is 2.28. The summed E-state index contributed by atoms with van der Waals surface area (Å²) in [7, 11) is -1.60. The van der Waals surface area contributed by atoms with Crippen LogP contribution < -0.4 is 0 Å². The fraction of sp³-hybridized carbons (Fsp3) is 0.357. The minimum atomic E-state index is -1.60. The number of carbonyl (C=O) groups excluding carboxylic acids is 1. The summed E-state index contributed by atoms with van der Waals surface area (Å²) < 4.78 is 5.25. The Bertz CT molecular complexity index is 605. The number of rotatable bonds is 3. The van der Waals surface area contributed by atoms with E-state index in [-0.39, 0.29) is 0 Å². The van der Waals surface area contributed by atoms with Crippen LogP contribution in [0.15, 0.2) is 29.4 Å². The lowest BCUT2D eigenvalue weighted by atomic mass is 10.1. The molecule has 0 bridgehead atoms. The van der Waals surface area contributed by atoms with Gasteiger partial charge in [0, 0.05) is 23.1 Å². The van der Waals surface area contributed by atoms with E-state index in [9.17, 15) is 4.79 Å². The van der Waals surface area contributed by atoms with Crippen LogP contribution in [0.25, 0.3) is 10.4 Å². The lowest BCUT2D eigenvalue weighted by Gasteiger charge is -2.14. The Labute approximate surface area is 119 Å². The highest BCUT2D eigenvalue weighted by Gasteiger charge is 2.16. The topological polar surface area (TPSA) is 75.1 Å². The zero-order valence-corrected chi connectivity index (χ0v) is 13.0. The van der Waals surface area contributed by atoms with E-state index in [0.717, 1.165) is 0 Å². The van der Waals surface area contributed by atoms with Crippen molar-refractivity contribution in [3.63, 3.8) is 0 Å². The molecule has 0 heterocycles. The lowest BCUT2D eigenvalue weighted by Crippen LogP contribution is -2.17. The molecule has 1 unspecified atom stereocenters. The van der Waals surface area contributed by atoms with Gasteiger partial charge in [-0.25, -0.2) is 0 Å². The lowest BCUT2D eigenvalue weighted by molar-refractivity contribution is -0.144. The number of carbonyl (C=O) groups is 1. The van der Waals surface area contributed by atoms with Crippen molar-refractivity contribution in [3.05, 3.63) is 40.3 Å². The molecule has 0 fully saturated rings. The van der Waals surface area contributed by atoms with Gasteiger partial charge in [0.25, 0.3) is 0 Å². The Hall–Kier alpha value is -2.22. The smallest absolute Gasteiger partial charge is 0.304 e. The van der Waals surface area contributed by atoms with Crippen molar-refractivity contribution < 1.29 is 9.53 Å². The maximum absolute atomic E-state index is 11.2. The highest BCUT2D eigenvalue weighted by atomic mass is 28.3. The first-order valence-corrected chi connectivity index (χ1v) is 9.67. The molecule has 5 nitrogen and oxygen atoms in total. The second-order valence-electron chi connectivity index (χ2n) is 5.26. The van der Waals surface area contributed by atoms with Crippen molar-refractivity contribution >= 4 is 19.7 Å². The van der Waals surface area contributed by atoms with Gasteiger partial charge in [-0.3, -0.25) is 4.79 Å². The van der Waals surface area contributed by atoms with E-state index in [4.69, 9.17) is 10.3 Å². The van der Waals surface area contributed by atoms with E-state index in [2.05, 4.69) is 41.1 Å². The molecule has 0 saturated heterocycles. The van der Waals surface area contributed by atoms with Crippen LogP contribution in [-0.4, -0.2) is 14.0 Å². The standard InChI is InChI=1S/C14H17N3O2Si/c1-11(18)19-14(9-10-20(2,3)4)12-7-5-6-8-13(12)16-17-15/h5-8,14H,1-4H3. The van der Waals surface area contributed by atoms with E-state index in [1.54, 1.807) is 24.3 Å². The van der Waals surface area contributed by atoms with Gasteiger partial charge < -0.3 is 4.74 Å². The summed E-state index contributed by atoms with van der Waals surface area (Å²) in [6, 6.07) is 6.96. The molecule has 0 aromatic heterocycles. The molecule has 1 rings (SSSR count). The van der Waals surface area contributed by atoms with E-state index < -0.39 is 20.1 Å². The molecular formula is C14H17N3O2Si. The second kappa shape index (κ2) is 6.80. The molecule has 20 heavy (non-hydrogen) atoms. The van der Waals surface area contributed by atoms with Crippen LogP contribution in [0.1, 0.15) is 18.6 Å². The van der Waals surface area contributed by atoms with E-state index in [1.165, 1.54) is 6.92 Å². The third kappa shape index (κ3) is 5.18. The normalized spacial score (nSPS) is 11.6. The molecule has 0 amide bonds. The maximum atomic E-state index is 11.2. The van der Waals surface area contributed by atoms with Crippen molar-refractivity contribution in [1.82, 2.24) is 0 Å². The fourth-order valence-corrected chi connectivity index (χ4v) is 2.03. The molecule has 0 radical (unpaired) electrons. The fourth-order valence-electron chi connectivity index (χ4n) is 1.47. The van der Waals surface area contributed by atoms with Crippen molar-refractivity contribution in [2.75, 3.05) is 0 Å². The highest BCUT2D eigenvalue weighted by molar-refractivity contribution is 6.83.